The predicted octanol–water partition coefficient (Wildman–Crippen LogP) is -34.1. The van der Waals surface area contributed by atoms with Gasteiger partial charge in [-0.15, -0.1) is 0 Å². The van der Waals surface area contributed by atoms with Crippen molar-refractivity contribution in [3.8, 4) is 0 Å². The van der Waals surface area contributed by atoms with Crippen molar-refractivity contribution in [2.45, 2.75) is 77.0 Å². The SMILES string of the molecule is O=C([O-])CCN(CCN=C([O-])CCN(CCC([O-])=NCCN(CCC(=O)[O-])CCC(=O)[O-])CCN(CCC([O-])=NCCN(CCC(=O)O)CCC(=O)O)CCC([O-])=NCCN(CCC(=O)O)CCC(=O)O)CCC(=O)[O-].[Na+].[Na+].[Na+].[Na+].[Na+].[Na+].[Na+].[Na+]. The maximum absolute atomic E-state index is 13.0. The van der Waals surface area contributed by atoms with E-state index < -0.39 is 97.0 Å². The average molecular weight is 1270 g/mol. The van der Waals surface area contributed by atoms with Crippen LogP contribution in [0.5, 0.6) is 0 Å². The van der Waals surface area contributed by atoms with E-state index in [1.807, 2.05) is 0 Å². The molecule has 0 unspecified atom stereocenters. The first-order valence-corrected chi connectivity index (χ1v) is 24.8. The van der Waals surface area contributed by atoms with Crippen molar-refractivity contribution in [1.29, 1.82) is 0 Å². The van der Waals surface area contributed by atoms with E-state index in [2.05, 4.69) is 20.0 Å². The Morgan fingerprint density at radius 1 is 0.226 bits per heavy atom. The monoisotopic (exact) mass is 1270 g/mol. The topological polar surface area (TPSA) is 471 Å². The number of aliphatic imine (C=N–C) groups is 4. The second-order valence-electron chi connectivity index (χ2n) is 17.2. The summed E-state index contributed by atoms with van der Waals surface area (Å²) in [6, 6.07) is 0. The summed E-state index contributed by atoms with van der Waals surface area (Å²) in [5, 5.41) is 132. The molecule has 0 spiro atoms. The molecule has 0 aliphatic heterocycles. The molecule has 0 heterocycles. The number of hydrogen-bond acceptors (Lipinski definition) is 26. The summed E-state index contributed by atoms with van der Waals surface area (Å²) in [5.74, 6) is -12.1. The first-order chi connectivity index (χ1) is 35.9. The molecule has 0 amide bonds. The molecule has 0 aliphatic rings. The number of carboxylic acid groups (broad SMARTS) is 8. The molecule has 0 rings (SSSR count). The summed E-state index contributed by atoms with van der Waals surface area (Å²) >= 11 is 0. The third-order valence-electron chi connectivity index (χ3n) is 11.2. The summed E-state index contributed by atoms with van der Waals surface area (Å²) in [6.07, 6.45) is -3.39. The van der Waals surface area contributed by atoms with Gasteiger partial charge in [0.05, 0.1) is 51.9 Å². The van der Waals surface area contributed by atoms with Crippen LogP contribution in [0.1, 0.15) is 77.0 Å². The molecule has 0 fully saturated rings. The van der Waals surface area contributed by atoms with E-state index in [-0.39, 0.29) is 432 Å². The summed E-state index contributed by atoms with van der Waals surface area (Å²) in [5.41, 5.74) is 0. The number of hydrogen-bond donors (Lipinski definition) is 4. The van der Waals surface area contributed by atoms with Crippen molar-refractivity contribution < 1.29 is 336 Å². The van der Waals surface area contributed by atoms with Gasteiger partial charge in [0.15, 0.2) is 0 Å². The Balaban J connectivity index is -0.00000100. The summed E-state index contributed by atoms with van der Waals surface area (Å²) < 4.78 is 0. The van der Waals surface area contributed by atoms with Crippen LogP contribution in [0.2, 0.25) is 0 Å². The number of aliphatic carboxylic acids is 8. The first kappa shape index (κ1) is 104. The Morgan fingerprint density at radius 2 is 0.369 bits per heavy atom. The molecule has 434 valence electrons. The molecule has 4 N–H and O–H groups in total. The van der Waals surface area contributed by atoms with E-state index in [0.29, 0.717) is 0 Å². The van der Waals surface area contributed by atoms with Crippen molar-refractivity contribution in [3.63, 3.8) is 0 Å². The minimum atomic E-state index is -1.36. The smallest absolute Gasteiger partial charge is 0.862 e. The second-order valence-corrected chi connectivity index (χ2v) is 17.2. The fourth-order valence-corrected chi connectivity index (χ4v) is 6.90. The largest absolute Gasteiger partial charge is 1.00 e. The van der Waals surface area contributed by atoms with E-state index in [9.17, 15) is 79.2 Å². The molecule has 0 aromatic carbocycles. The maximum atomic E-state index is 13.0. The van der Waals surface area contributed by atoms with Crippen LogP contribution in [0, 0.1) is 0 Å². The maximum Gasteiger partial charge on any atom is 1.00 e. The van der Waals surface area contributed by atoms with Crippen LogP contribution in [0.15, 0.2) is 20.0 Å². The van der Waals surface area contributed by atoms with Crippen LogP contribution in [0.4, 0.5) is 0 Å². The van der Waals surface area contributed by atoms with Crippen molar-refractivity contribution in [2.75, 3.05) is 144 Å². The third-order valence-corrected chi connectivity index (χ3v) is 11.2. The van der Waals surface area contributed by atoms with Gasteiger partial charge in [-0.2, -0.15) is 0 Å². The van der Waals surface area contributed by atoms with Gasteiger partial charge >= 0.3 is 260 Å². The molecule has 0 aromatic heterocycles. The first-order valence-electron chi connectivity index (χ1n) is 24.8. The zero-order valence-corrected chi connectivity index (χ0v) is 66.8. The minimum absolute atomic E-state index is 0. The third kappa shape index (κ3) is 69.3. The molecule has 84 heavy (non-hydrogen) atoms. The Morgan fingerprint density at radius 3 is 0.524 bits per heavy atom. The van der Waals surface area contributed by atoms with Gasteiger partial charge in [-0.25, -0.2) is 0 Å². The molecule has 0 radical (unpaired) electrons. The molecule has 30 nitrogen and oxygen atoms in total. The van der Waals surface area contributed by atoms with Gasteiger partial charge in [-0.1, -0.05) is 0 Å². The summed E-state index contributed by atoms with van der Waals surface area (Å²) in [7, 11) is 0. The van der Waals surface area contributed by atoms with Crippen molar-refractivity contribution in [1.82, 2.24) is 29.4 Å². The van der Waals surface area contributed by atoms with Crippen molar-refractivity contribution in [2.24, 2.45) is 20.0 Å². The number of nitrogens with zero attached hydrogens (tertiary/aromatic N) is 10. The van der Waals surface area contributed by atoms with Crippen LogP contribution in [0.25, 0.3) is 0 Å². The Kier molecular flexibility index (Phi) is 83.5. The van der Waals surface area contributed by atoms with Gasteiger partial charge in [0.1, 0.15) is 0 Å². The molecule has 0 bridgehead atoms. The van der Waals surface area contributed by atoms with Crippen molar-refractivity contribution >= 4 is 71.3 Å². The molecule has 38 heteroatoms. The summed E-state index contributed by atoms with van der Waals surface area (Å²) in [4.78, 5) is 114. The van der Waals surface area contributed by atoms with Crippen LogP contribution in [-0.4, -0.2) is 265 Å². The molecule has 0 saturated carbocycles. The molecule has 0 saturated heterocycles. The molecular weight excluding hydrogens is 1200 g/mol. The Hall–Kier alpha value is 1.40. The van der Waals surface area contributed by atoms with Crippen LogP contribution >= 0.6 is 0 Å². The number of carbonyl (C=O) groups is 8. The Labute approximate surface area is 667 Å². The average Bonchev–Trinajstić information content (AvgIpc) is 3.33. The van der Waals surface area contributed by atoms with E-state index in [1.165, 1.54) is 9.80 Å². The van der Waals surface area contributed by atoms with Gasteiger partial charge in [0, 0.05) is 142 Å². The normalized spacial score (nSPS) is 11.5. The number of rotatable bonds is 51. The molecule has 0 aliphatic carbocycles. The van der Waals surface area contributed by atoms with Gasteiger partial charge in [-0.3, -0.25) is 19.2 Å². The zero-order chi connectivity index (χ0) is 57.3. The molecule has 0 atom stereocenters. The fraction of sp³-hybridized carbons (Fsp3) is 0.739. The summed E-state index contributed by atoms with van der Waals surface area (Å²) in [6.45, 7) is 0.0573. The number of carboxylic acids is 8. The van der Waals surface area contributed by atoms with E-state index in [0.717, 1.165) is 0 Å². The van der Waals surface area contributed by atoms with E-state index in [1.54, 1.807) is 19.6 Å². The van der Waals surface area contributed by atoms with Gasteiger partial charge in [-0.05, 0) is 75.0 Å². The zero-order valence-electron chi connectivity index (χ0n) is 50.8. The Bertz CT molecular complexity index is 1610. The second kappa shape index (κ2) is 67.3. The van der Waals surface area contributed by atoms with E-state index in [4.69, 9.17) is 20.4 Å². The quantitative estimate of drug-likeness (QED) is 0.0250. The van der Waals surface area contributed by atoms with E-state index >= 15 is 0 Å². The van der Waals surface area contributed by atoms with Crippen molar-refractivity contribution in [3.05, 3.63) is 0 Å². The fourth-order valence-electron chi connectivity index (χ4n) is 6.90. The van der Waals surface area contributed by atoms with Crippen LogP contribution in [0.3, 0.4) is 0 Å². The van der Waals surface area contributed by atoms with Gasteiger partial charge in [0.25, 0.3) is 0 Å². The van der Waals surface area contributed by atoms with Crippen LogP contribution in [-0.2, 0) is 38.4 Å². The standard InChI is InChI=1S/C46H80N10O20.8Na/c57-35(47-13-29-51(21-5-39(61)62)22-6-40(63)64)1-17-55(18-2-36(58)48-14-30-52(23-7-41(65)66)24-8-42(67)68)33-34-56(19-3-37(59)49-15-31-53(25-9-43(69)70)26-10-44(71)72)20-4-38(60)50-16-32-54(27-11-45(73)74)28-12-46(75)76;;;;;;;;/h1-34H2,(H,47,57)(H,48,58)(H,49,59)(H,50,60)(H,61,62)(H,63,64)(H,65,66)(H,67,68)(H,69,70)(H,71,72)(H,73,74)(H,75,76);;;;;;;;/q;8*+1/p-8. The number of carbonyl (C=O) groups excluding carboxylic acids is 4. The molecule has 0 aromatic rings. The molecular formula is C46H72N10Na8O20. The van der Waals surface area contributed by atoms with Gasteiger partial charge < -0.3 is 130 Å². The minimum Gasteiger partial charge on any atom is -0.862 e. The van der Waals surface area contributed by atoms with Gasteiger partial charge in [0.2, 0.25) is 0 Å². The predicted molar refractivity (Wildman–Crippen MR) is 254 cm³/mol. The van der Waals surface area contributed by atoms with Crippen LogP contribution < -0.4 is 277 Å².